The standard InChI is InChI=1S/C7H4ClF3INO/c8-3-4-6(12)5(1-2-13-4)14-7(9,10)11/h1-2H,3H2. The van der Waals surface area contributed by atoms with Crippen molar-refractivity contribution in [2.24, 2.45) is 0 Å². The molecule has 2 nitrogen and oxygen atoms in total. The first-order valence-electron chi connectivity index (χ1n) is 3.39. The number of alkyl halides is 4. The van der Waals surface area contributed by atoms with E-state index in [-0.39, 0.29) is 15.2 Å². The molecule has 0 bridgehead atoms. The van der Waals surface area contributed by atoms with E-state index >= 15 is 0 Å². The normalized spacial score (nSPS) is 11.5. The fraction of sp³-hybridized carbons (Fsp3) is 0.286. The van der Waals surface area contributed by atoms with Gasteiger partial charge in [-0.05, 0) is 28.7 Å². The van der Waals surface area contributed by atoms with Gasteiger partial charge in [0.2, 0.25) is 0 Å². The van der Waals surface area contributed by atoms with Gasteiger partial charge in [-0.3, -0.25) is 4.98 Å². The lowest BCUT2D eigenvalue weighted by atomic mass is 10.3. The highest BCUT2D eigenvalue weighted by molar-refractivity contribution is 14.1. The summed E-state index contributed by atoms with van der Waals surface area (Å²) < 4.78 is 39.7. The SMILES string of the molecule is FC(F)(F)Oc1ccnc(CCl)c1I. The Hall–Kier alpha value is -0.240. The maximum atomic E-state index is 11.9. The molecule has 0 radical (unpaired) electrons. The zero-order chi connectivity index (χ0) is 10.8. The van der Waals surface area contributed by atoms with E-state index in [9.17, 15) is 13.2 Å². The molecule has 1 rings (SSSR count). The summed E-state index contributed by atoms with van der Waals surface area (Å²) in [5.41, 5.74) is 0.369. The van der Waals surface area contributed by atoms with Crippen molar-refractivity contribution in [3.8, 4) is 5.75 Å². The summed E-state index contributed by atoms with van der Waals surface area (Å²) in [6.07, 6.45) is -3.47. The predicted molar refractivity (Wildman–Crippen MR) is 53.2 cm³/mol. The van der Waals surface area contributed by atoms with Gasteiger partial charge in [0.1, 0.15) is 5.75 Å². The van der Waals surface area contributed by atoms with E-state index in [0.29, 0.717) is 5.69 Å². The molecule has 1 aromatic heterocycles. The number of halogens is 5. The smallest absolute Gasteiger partial charge is 0.405 e. The summed E-state index contributed by atoms with van der Waals surface area (Å²) in [5, 5.41) is 0. The summed E-state index contributed by atoms with van der Waals surface area (Å²) in [5.74, 6) is -0.225. The lowest BCUT2D eigenvalue weighted by molar-refractivity contribution is -0.275. The fourth-order valence-electron chi connectivity index (χ4n) is 0.764. The van der Waals surface area contributed by atoms with Gasteiger partial charge in [0, 0.05) is 6.20 Å². The number of ether oxygens (including phenoxy) is 1. The van der Waals surface area contributed by atoms with Crippen LogP contribution in [0.4, 0.5) is 13.2 Å². The van der Waals surface area contributed by atoms with Gasteiger partial charge < -0.3 is 4.74 Å². The summed E-state index contributed by atoms with van der Waals surface area (Å²) in [7, 11) is 0. The Labute approximate surface area is 96.6 Å². The van der Waals surface area contributed by atoms with Crippen LogP contribution >= 0.6 is 34.2 Å². The fourth-order valence-corrected chi connectivity index (χ4v) is 1.81. The van der Waals surface area contributed by atoms with E-state index in [0.717, 1.165) is 6.07 Å². The largest absolute Gasteiger partial charge is 0.573 e. The van der Waals surface area contributed by atoms with Crippen molar-refractivity contribution in [1.29, 1.82) is 0 Å². The molecule has 1 heterocycles. The third kappa shape index (κ3) is 3.16. The van der Waals surface area contributed by atoms with Gasteiger partial charge >= 0.3 is 6.36 Å². The molecule has 7 heteroatoms. The molecule has 0 aliphatic rings. The maximum Gasteiger partial charge on any atom is 0.573 e. The van der Waals surface area contributed by atoms with Gasteiger partial charge in [-0.15, -0.1) is 24.8 Å². The molecule has 0 atom stereocenters. The highest BCUT2D eigenvalue weighted by Crippen LogP contribution is 2.29. The Morgan fingerprint density at radius 2 is 2.14 bits per heavy atom. The molecule has 0 aliphatic heterocycles. The molecule has 0 saturated carbocycles. The van der Waals surface area contributed by atoms with Crippen molar-refractivity contribution in [1.82, 2.24) is 4.98 Å². The van der Waals surface area contributed by atoms with Crippen molar-refractivity contribution in [3.63, 3.8) is 0 Å². The number of nitrogens with zero attached hydrogens (tertiary/aromatic N) is 1. The molecule has 78 valence electrons. The van der Waals surface area contributed by atoms with Crippen LogP contribution in [-0.4, -0.2) is 11.3 Å². The maximum absolute atomic E-state index is 11.9. The van der Waals surface area contributed by atoms with Crippen molar-refractivity contribution in [2.45, 2.75) is 12.2 Å². The van der Waals surface area contributed by atoms with E-state index < -0.39 is 6.36 Å². The molecule has 14 heavy (non-hydrogen) atoms. The highest BCUT2D eigenvalue weighted by Gasteiger charge is 2.32. The average molecular weight is 337 g/mol. The van der Waals surface area contributed by atoms with Crippen LogP contribution in [0.1, 0.15) is 5.69 Å². The Balaban J connectivity index is 2.98. The van der Waals surface area contributed by atoms with Crippen LogP contribution in [0.3, 0.4) is 0 Å². The van der Waals surface area contributed by atoms with Crippen molar-refractivity contribution in [3.05, 3.63) is 21.5 Å². The van der Waals surface area contributed by atoms with Gasteiger partial charge in [0.15, 0.2) is 0 Å². The molecule has 0 saturated heterocycles. The Morgan fingerprint density at radius 1 is 1.50 bits per heavy atom. The Kier molecular flexibility index (Phi) is 3.82. The number of pyridine rings is 1. The number of hydrogen-bond acceptors (Lipinski definition) is 2. The van der Waals surface area contributed by atoms with E-state index in [2.05, 4.69) is 9.72 Å². The number of hydrogen-bond donors (Lipinski definition) is 0. The van der Waals surface area contributed by atoms with E-state index in [1.165, 1.54) is 6.20 Å². The van der Waals surface area contributed by atoms with Crippen molar-refractivity contribution < 1.29 is 17.9 Å². The quantitative estimate of drug-likeness (QED) is 0.610. The zero-order valence-corrected chi connectivity index (χ0v) is 9.52. The number of aromatic nitrogens is 1. The van der Waals surface area contributed by atoms with Crippen LogP contribution in [0.2, 0.25) is 0 Å². The second-order valence-electron chi connectivity index (χ2n) is 2.25. The first-order valence-corrected chi connectivity index (χ1v) is 5.00. The van der Waals surface area contributed by atoms with Gasteiger partial charge in [0.25, 0.3) is 0 Å². The van der Waals surface area contributed by atoms with Crippen LogP contribution in [0, 0.1) is 3.57 Å². The molecular weight excluding hydrogens is 333 g/mol. The molecule has 0 fully saturated rings. The second kappa shape index (κ2) is 4.52. The van der Waals surface area contributed by atoms with Crippen LogP contribution in [0.25, 0.3) is 0 Å². The first-order chi connectivity index (χ1) is 6.44. The summed E-state index contributed by atoms with van der Waals surface area (Å²) >= 11 is 7.18. The molecule has 0 N–H and O–H groups in total. The predicted octanol–water partition coefficient (Wildman–Crippen LogP) is 3.32. The zero-order valence-electron chi connectivity index (χ0n) is 6.61. The van der Waals surface area contributed by atoms with E-state index in [1.54, 1.807) is 22.6 Å². The lowest BCUT2D eigenvalue weighted by Gasteiger charge is -2.11. The van der Waals surface area contributed by atoms with Crippen LogP contribution in [-0.2, 0) is 5.88 Å². The Morgan fingerprint density at radius 3 is 2.64 bits per heavy atom. The molecule has 0 unspecified atom stereocenters. The molecule has 0 amide bonds. The topological polar surface area (TPSA) is 22.1 Å². The van der Waals surface area contributed by atoms with Crippen molar-refractivity contribution >= 4 is 34.2 Å². The first kappa shape index (κ1) is 11.8. The van der Waals surface area contributed by atoms with Gasteiger partial charge in [-0.2, -0.15) is 0 Å². The van der Waals surface area contributed by atoms with Gasteiger partial charge in [0.05, 0.1) is 15.1 Å². The van der Waals surface area contributed by atoms with Crippen LogP contribution < -0.4 is 4.74 Å². The van der Waals surface area contributed by atoms with E-state index in [4.69, 9.17) is 11.6 Å². The Bertz CT molecular complexity index is 331. The minimum absolute atomic E-state index is 0.0489. The minimum atomic E-state index is -4.69. The average Bonchev–Trinajstić information content (AvgIpc) is 2.06. The molecule has 0 aromatic carbocycles. The van der Waals surface area contributed by atoms with Crippen molar-refractivity contribution in [2.75, 3.05) is 0 Å². The lowest BCUT2D eigenvalue weighted by Crippen LogP contribution is -2.18. The third-order valence-corrected chi connectivity index (χ3v) is 2.69. The third-order valence-electron chi connectivity index (χ3n) is 1.28. The summed E-state index contributed by atoms with van der Waals surface area (Å²) in [6.45, 7) is 0. The summed E-state index contributed by atoms with van der Waals surface area (Å²) in [4.78, 5) is 3.80. The molecule has 1 aromatic rings. The van der Waals surface area contributed by atoms with Crippen LogP contribution in [0.5, 0.6) is 5.75 Å². The molecule has 0 spiro atoms. The summed E-state index contributed by atoms with van der Waals surface area (Å²) in [6, 6.07) is 1.14. The number of rotatable bonds is 2. The molecule has 0 aliphatic carbocycles. The second-order valence-corrected chi connectivity index (χ2v) is 3.60. The molecular formula is C7H4ClF3INO. The van der Waals surface area contributed by atoms with Gasteiger partial charge in [-0.25, -0.2) is 0 Å². The highest BCUT2D eigenvalue weighted by atomic mass is 127. The van der Waals surface area contributed by atoms with E-state index in [1.807, 2.05) is 0 Å². The monoisotopic (exact) mass is 337 g/mol. The van der Waals surface area contributed by atoms with Crippen LogP contribution in [0.15, 0.2) is 12.3 Å². The van der Waals surface area contributed by atoms with Gasteiger partial charge in [-0.1, -0.05) is 0 Å². The minimum Gasteiger partial charge on any atom is -0.405 e.